The number of anilines is 1. The Morgan fingerprint density at radius 3 is 2.75 bits per heavy atom. The Morgan fingerprint density at radius 2 is 2.50 bits per heavy atom. The molecular formula is C5H8N2O. The van der Waals surface area contributed by atoms with Crippen LogP contribution in [0, 0.1) is 6.92 Å². The van der Waals surface area contributed by atoms with E-state index in [4.69, 9.17) is 4.42 Å². The first kappa shape index (κ1) is 5.15. The van der Waals surface area contributed by atoms with Crippen LogP contribution < -0.4 is 5.32 Å². The van der Waals surface area contributed by atoms with E-state index in [1.54, 1.807) is 20.2 Å². The van der Waals surface area contributed by atoms with Gasteiger partial charge in [0.2, 0.25) is 0 Å². The quantitative estimate of drug-likeness (QED) is 0.589. The van der Waals surface area contributed by atoms with E-state index in [1.165, 1.54) is 0 Å². The highest BCUT2D eigenvalue weighted by Crippen LogP contribution is 2.03. The number of aryl methyl sites for hydroxylation is 1. The Balaban J connectivity index is 2.84. The van der Waals surface area contributed by atoms with Gasteiger partial charge in [0.1, 0.15) is 6.26 Å². The van der Waals surface area contributed by atoms with Gasteiger partial charge in [-0.15, -0.1) is 0 Å². The van der Waals surface area contributed by atoms with Crippen LogP contribution >= 0.6 is 0 Å². The van der Waals surface area contributed by atoms with Crippen molar-refractivity contribution in [3.05, 3.63) is 12.2 Å². The number of nitrogens with zero attached hydrogens (tertiary/aromatic N) is 1. The molecule has 0 unspecified atom stereocenters. The van der Waals surface area contributed by atoms with Crippen molar-refractivity contribution in [3.63, 3.8) is 0 Å². The number of hydrogen-bond donors (Lipinski definition) is 1. The minimum atomic E-state index is 0.689. The predicted molar refractivity (Wildman–Crippen MR) is 30.8 cm³/mol. The zero-order valence-electron chi connectivity index (χ0n) is 4.93. The van der Waals surface area contributed by atoms with Gasteiger partial charge >= 0.3 is 0 Å². The summed E-state index contributed by atoms with van der Waals surface area (Å²) < 4.78 is 4.88. The molecule has 0 amide bonds. The van der Waals surface area contributed by atoms with Crippen molar-refractivity contribution in [3.8, 4) is 0 Å². The van der Waals surface area contributed by atoms with E-state index in [-0.39, 0.29) is 0 Å². The molecule has 8 heavy (non-hydrogen) atoms. The van der Waals surface area contributed by atoms with E-state index in [0.717, 1.165) is 5.82 Å². The zero-order valence-corrected chi connectivity index (χ0v) is 4.93. The third-order valence-corrected chi connectivity index (χ3v) is 0.875. The van der Waals surface area contributed by atoms with Crippen LogP contribution in [0.3, 0.4) is 0 Å². The molecule has 44 valence electrons. The van der Waals surface area contributed by atoms with E-state index in [2.05, 4.69) is 10.3 Å². The molecule has 0 radical (unpaired) electrons. The molecule has 3 heteroatoms. The summed E-state index contributed by atoms with van der Waals surface area (Å²) in [5.74, 6) is 1.47. The summed E-state index contributed by atoms with van der Waals surface area (Å²) in [5.41, 5.74) is 0. The summed E-state index contributed by atoms with van der Waals surface area (Å²) >= 11 is 0. The first-order valence-electron chi connectivity index (χ1n) is 2.43. The van der Waals surface area contributed by atoms with Gasteiger partial charge in [0.25, 0.3) is 0 Å². The lowest BCUT2D eigenvalue weighted by Crippen LogP contribution is -1.85. The fourth-order valence-corrected chi connectivity index (χ4v) is 0.478. The smallest absolute Gasteiger partial charge is 0.192 e. The van der Waals surface area contributed by atoms with Crippen molar-refractivity contribution < 1.29 is 4.42 Å². The van der Waals surface area contributed by atoms with Gasteiger partial charge in [0.15, 0.2) is 11.7 Å². The van der Waals surface area contributed by atoms with Gasteiger partial charge < -0.3 is 9.73 Å². The van der Waals surface area contributed by atoms with Gasteiger partial charge in [-0.25, -0.2) is 0 Å². The molecule has 0 atom stereocenters. The summed E-state index contributed by atoms with van der Waals surface area (Å²) in [5, 5.41) is 2.84. The van der Waals surface area contributed by atoms with E-state index >= 15 is 0 Å². The van der Waals surface area contributed by atoms with Gasteiger partial charge in [0, 0.05) is 14.0 Å². The average molecular weight is 112 g/mol. The standard InChI is InChI=1S/C5H8N2O/c1-4-7-5(6-2)3-8-4/h3,6H,1-2H3. The molecule has 0 aliphatic heterocycles. The van der Waals surface area contributed by atoms with Crippen molar-refractivity contribution in [1.29, 1.82) is 0 Å². The molecule has 0 bridgehead atoms. The maximum Gasteiger partial charge on any atom is 0.192 e. The second kappa shape index (κ2) is 1.86. The van der Waals surface area contributed by atoms with Crippen molar-refractivity contribution in [2.45, 2.75) is 6.92 Å². The monoisotopic (exact) mass is 112 g/mol. The highest BCUT2D eigenvalue weighted by molar-refractivity contribution is 5.28. The molecule has 1 heterocycles. The second-order valence-corrected chi connectivity index (χ2v) is 1.50. The topological polar surface area (TPSA) is 38.1 Å². The van der Waals surface area contributed by atoms with Crippen LogP contribution in [0.25, 0.3) is 0 Å². The summed E-state index contributed by atoms with van der Waals surface area (Å²) in [4.78, 5) is 3.95. The van der Waals surface area contributed by atoms with Crippen molar-refractivity contribution in [2.24, 2.45) is 0 Å². The highest BCUT2D eigenvalue weighted by atomic mass is 16.3. The lowest BCUT2D eigenvalue weighted by Gasteiger charge is -1.83. The van der Waals surface area contributed by atoms with E-state index in [0.29, 0.717) is 5.89 Å². The van der Waals surface area contributed by atoms with Crippen molar-refractivity contribution in [1.82, 2.24) is 4.98 Å². The minimum Gasteiger partial charge on any atom is -0.447 e. The molecule has 1 aromatic rings. The normalized spacial score (nSPS) is 9.25. The average Bonchev–Trinajstić information content (AvgIpc) is 2.14. The van der Waals surface area contributed by atoms with Gasteiger partial charge in [0.05, 0.1) is 0 Å². The number of nitrogens with one attached hydrogen (secondary N) is 1. The number of aromatic nitrogens is 1. The molecule has 0 saturated heterocycles. The van der Waals surface area contributed by atoms with Crippen LogP contribution in [0.5, 0.6) is 0 Å². The summed E-state index contributed by atoms with van der Waals surface area (Å²) in [6.07, 6.45) is 1.58. The Kier molecular flexibility index (Phi) is 1.20. The lowest BCUT2D eigenvalue weighted by atomic mass is 10.7. The maximum atomic E-state index is 4.88. The summed E-state index contributed by atoms with van der Waals surface area (Å²) in [6.45, 7) is 1.81. The largest absolute Gasteiger partial charge is 0.447 e. The molecule has 0 fully saturated rings. The molecule has 0 aliphatic carbocycles. The molecule has 0 aliphatic rings. The van der Waals surface area contributed by atoms with Crippen molar-refractivity contribution >= 4 is 5.82 Å². The van der Waals surface area contributed by atoms with Crippen LogP contribution in [0.2, 0.25) is 0 Å². The van der Waals surface area contributed by atoms with Gasteiger partial charge in [-0.3, -0.25) is 0 Å². The van der Waals surface area contributed by atoms with Crippen LogP contribution in [-0.4, -0.2) is 12.0 Å². The van der Waals surface area contributed by atoms with E-state index in [1.807, 2.05) is 0 Å². The lowest BCUT2D eigenvalue weighted by molar-refractivity contribution is 0.521. The maximum absolute atomic E-state index is 4.88. The summed E-state index contributed by atoms with van der Waals surface area (Å²) in [7, 11) is 1.80. The van der Waals surface area contributed by atoms with Gasteiger partial charge in [-0.1, -0.05) is 0 Å². The van der Waals surface area contributed by atoms with Crippen LogP contribution in [0.4, 0.5) is 5.82 Å². The van der Waals surface area contributed by atoms with Crippen LogP contribution in [0.1, 0.15) is 5.89 Å². The Morgan fingerprint density at radius 1 is 1.75 bits per heavy atom. The molecule has 3 nitrogen and oxygen atoms in total. The SMILES string of the molecule is CNc1coc(C)n1. The second-order valence-electron chi connectivity index (χ2n) is 1.50. The highest BCUT2D eigenvalue weighted by Gasteiger charge is 1.91. The molecule has 0 saturated carbocycles. The molecular weight excluding hydrogens is 104 g/mol. The van der Waals surface area contributed by atoms with E-state index in [9.17, 15) is 0 Å². The third kappa shape index (κ3) is 0.804. The van der Waals surface area contributed by atoms with Gasteiger partial charge in [-0.05, 0) is 0 Å². The Labute approximate surface area is 47.7 Å². The molecule has 0 spiro atoms. The number of rotatable bonds is 1. The Bertz CT molecular complexity index is 171. The molecule has 0 aromatic carbocycles. The fourth-order valence-electron chi connectivity index (χ4n) is 0.478. The fraction of sp³-hybridized carbons (Fsp3) is 0.400. The molecule has 1 N–H and O–H groups in total. The van der Waals surface area contributed by atoms with Crippen molar-refractivity contribution in [2.75, 3.05) is 12.4 Å². The third-order valence-electron chi connectivity index (χ3n) is 0.875. The first-order chi connectivity index (χ1) is 3.83. The van der Waals surface area contributed by atoms with Gasteiger partial charge in [-0.2, -0.15) is 4.98 Å². The minimum absolute atomic E-state index is 0.689. The summed E-state index contributed by atoms with van der Waals surface area (Å²) in [6, 6.07) is 0. The first-order valence-corrected chi connectivity index (χ1v) is 2.43. The number of hydrogen-bond acceptors (Lipinski definition) is 3. The Hall–Kier alpha value is -0.990. The van der Waals surface area contributed by atoms with Crippen LogP contribution in [0.15, 0.2) is 10.7 Å². The predicted octanol–water partition coefficient (Wildman–Crippen LogP) is 1.02. The molecule has 1 rings (SSSR count). The van der Waals surface area contributed by atoms with Crippen LogP contribution in [-0.2, 0) is 0 Å². The molecule has 1 aromatic heterocycles. The van der Waals surface area contributed by atoms with E-state index < -0.39 is 0 Å². The zero-order chi connectivity index (χ0) is 5.98. The number of oxazole rings is 1.